The maximum Gasteiger partial charge on any atom is 0.272 e. The monoisotopic (exact) mass is 448 g/mol. The largest absolute Gasteiger partial charge is 0.496 e. The van der Waals surface area contributed by atoms with Crippen molar-refractivity contribution in [3.8, 4) is 5.75 Å². The van der Waals surface area contributed by atoms with Crippen LogP contribution in [0.3, 0.4) is 0 Å². The van der Waals surface area contributed by atoms with Crippen molar-refractivity contribution in [2.75, 3.05) is 13.7 Å². The van der Waals surface area contributed by atoms with E-state index in [0.717, 1.165) is 33.1 Å². The Labute approximate surface area is 191 Å². The summed E-state index contributed by atoms with van der Waals surface area (Å²) in [6.45, 7) is 6.54. The number of aromatic nitrogens is 1. The topological polar surface area (TPSA) is 80.5 Å². The van der Waals surface area contributed by atoms with E-state index in [-0.39, 0.29) is 5.91 Å². The van der Waals surface area contributed by atoms with Crippen LogP contribution < -0.4 is 20.9 Å². The average Bonchev–Trinajstić information content (AvgIpc) is 3.42. The van der Waals surface area contributed by atoms with Gasteiger partial charge in [-0.05, 0) is 37.3 Å². The number of nitrogens with one attached hydrogen (secondary N) is 3. The van der Waals surface area contributed by atoms with E-state index >= 15 is 0 Å². The van der Waals surface area contributed by atoms with Crippen LogP contribution in [0.2, 0.25) is 0 Å². The Morgan fingerprint density at radius 1 is 1.19 bits per heavy atom. The van der Waals surface area contributed by atoms with Crippen LogP contribution in [-0.2, 0) is 6.54 Å². The summed E-state index contributed by atoms with van der Waals surface area (Å²) < 4.78 is 13.3. The molecular formula is C24H24N4O3S. The molecule has 0 radical (unpaired) electrons. The highest BCUT2D eigenvalue weighted by molar-refractivity contribution is 7.80. The molecule has 0 spiro atoms. The van der Waals surface area contributed by atoms with Crippen LogP contribution in [0.5, 0.6) is 5.75 Å². The normalized spacial score (nSPS) is 10.8. The van der Waals surface area contributed by atoms with Crippen molar-refractivity contribution < 1.29 is 13.9 Å². The minimum absolute atomic E-state index is 0.300. The van der Waals surface area contributed by atoms with Gasteiger partial charge in [-0.3, -0.25) is 15.6 Å². The molecule has 3 N–H and O–H groups in total. The zero-order valence-electron chi connectivity index (χ0n) is 17.9. The van der Waals surface area contributed by atoms with Crippen LogP contribution in [0.1, 0.15) is 21.8 Å². The summed E-state index contributed by atoms with van der Waals surface area (Å²) >= 11 is 5.18. The fraction of sp³-hybridized carbons (Fsp3) is 0.167. The van der Waals surface area contributed by atoms with Crippen molar-refractivity contribution in [2.45, 2.75) is 13.5 Å². The molecule has 7 nitrogen and oxygen atoms in total. The van der Waals surface area contributed by atoms with Gasteiger partial charge in [0.25, 0.3) is 5.91 Å². The first-order valence-corrected chi connectivity index (χ1v) is 10.5. The number of fused-ring (bicyclic) bond motifs is 3. The lowest BCUT2D eigenvalue weighted by Gasteiger charge is -2.11. The Morgan fingerprint density at radius 3 is 2.66 bits per heavy atom. The van der Waals surface area contributed by atoms with E-state index in [0.29, 0.717) is 29.5 Å². The second kappa shape index (κ2) is 9.15. The minimum Gasteiger partial charge on any atom is -0.496 e. The Morgan fingerprint density at radius 2 is 1.97 bits per heavy atom. The number of thiocarbonyl (C=S) groups is 1. The number of amides is 1. The number of benzene rings is 2. The van der Waals surface area contributed by atoms with Gasteiger partial charge in [-0.15, -0.1) is 6.58 Å². The summed E-state index contributed by atoms with van der Waals surface area (Å²) in [5.41, 5.74) is 7.72. The van der Waals surface area contributed by atoms with Gasteiger partial charge >= 0.3 is 0 Å². The van der Waals surface area contributed by atoms with Crippen LogP contribution >= 0.6 is 12.2 Å². The number of ether oxygens (including phenoxy) is 1. The molecule has 0 saturated heterocycles. The molecule has 2 aromatic heterocycles. The third-order valence-corrected chi connectivity index (χ3v) is 5.57. The van der Waals surface area contributed by atoms with Crippen LogP contribution in [0, 0.1) is 6.92 Å². The van der Waals surface area contributed by atoms with Crippen LogP contribution in [0.4, 0.5) is 0 Å². The number of rotatable bonds is 6. The molecule has 0 unspecified atom stereocenters. The fourth-order valence-corrected chi connectivity index (χ4v) is 4.04. The molecule has 2 aromatic carbocycles. The predicted octanol–water partition coefficient (Wildman–Crippen LogP) is 4.05. The van der Waals surface area contributed by atoms with Crippen LogP contribution in [0.25, 0.3) is 21.7 Å². The standard InChI is InChI=1S/C24H24N4O3S/c1-4-11-25-24(32)27-26-23(29)21-15(2)28(14-16-8-7-12-31-16)22-18-10-6-5-9-17(18)20(30-3)13-19(21)22/h4-10,12-13H,1,11,14H2,2-3H3,(H,26,29)(H2,25,27,32). The molecule has 0 atom stereocenters. The molecule has 8 heteroatoms. The van der Waals surface area contributed by atoms with E-state index in [1.54, 1.807) is 19.4 Å². The van der Waals surface area contributed by atoms with E-state index in [1.165, 1.54) is 0 Å². The minimum atomic E-state index is -0.300. The second-order valence-corrected chi connectivity index (χ2v) is 7.63. The van der Waals surface area contributed by atoms with Gasteiger partial charge < -0.3 is 19.0 Å². The third kappa shape index (κ3) is 3.92. The van der Waals surface area contributed by atoms with Gasteiger partial charge in [0.05, 0.1) is 31.0 Å². The first kappa shape index (κ1) is 21.5. The maximum absolute atomic E-state index is 13.3. The van der Waals surface area contributed by atoms with Crippen molar-refractivity contribution in [3.05, 3.63) is 78.4 Å². The third-order valence-electron chi connectivity index (χ3n) is 5.32. The molecule has 0 aliphatic rings. The number of carbonyl (C=O) groups excluding carboxylic acids is 1. The van der Waals surface area contributed by atoms with E-state index < -0.39 is 0 Å². The second-order valence-electron chi connectivity index (χ2n) is 7.22. The SMILES string of the molecule is C=CCNC(=S)NNC(=O)c1c(C)n(Cc2ccco2)c2c1cc(OC)c1ccccc12. The van der Waals surface area contributed by atoms with Crippen molar-refractivity contribution in [1.29, 1.82) is 0 Å². The molecule has 4 rings (SSSR count). The van der Waals surface area contributed by atoms with Crippen molar-refractivity contribution in [1.82, 2.24) is 20.7 Å². The molecule has 32 heavy (non-hydrogen) atoms. The summed E-state index contributed by atoms with van der Waals surface area (Å²) in [5.74, 6) is 1.20. The predicted molar refractivity (Wildman–Crippen MR) is 130 cm³/mol. The van der Waals surface area contributed by atoms with E-state index in [4.69, 9.17) is 21.4 Å². The number of hydrazine groups is 1. The highest BCUT2D eigenvalue weighted by atomic mass is 32.1. The first-order valence-electron chi connectivity index (χ1n) is 10.1. The highest BCUT2D eigenvalue weighted by Crippen LogP contribution is 2.38. The lowest BCUT2D eigenvalue weighted by atomic mass is 10.0. The van der Waals surface area contributed by atoms with E-state index in [1.807, 2.05) is 49.4 Å². The summed E-state index contributed by atoms with van der Waals surface area (Å²) in [6, 6.07) is 13.7. The molecule has 0 saturated carbocycles. The van der Waals surface area contributed by atoms with Crippen LogP contribution in [-0.4, -0.2) is 29.2 Å². The average molecular weight is 449 g/mol. The quantitative estimate of drug-likeness (QED) is 0.235. The number of hydrogen-bond acceptors (Lipinski definition) is 4. The van der Waals surface area contributed by atoms with Gasteiger partial charge in [0.2, 0.25) is 0 Å². The molecule has 0 bridgehead atoms. The fourth-order valence-electron chi connectivity index (χ4n) is 3.90. The lowest BCUT2D eigenvalue weighted by molar-refractivity contribution is 0.0944. The first-order chi connectivity index (χ1) is 15.5. The van der Waals surface area contributed by atoms with Crippen molar-refractivity contribution >= 4 is 44.9 Å². The maximum atomic E-state index is 13.3. The molecule has 0 fully saturated rings. The zero-order chi connectivity index (χ0) is 22.7. The Hall–Kier alpha value is -3.78. The molecule has 2 heterocycles. The summed E-state index contributed by atoms with van der Waals surface area (Å²) in [4.78, 5) is 13.3. The summed E-state index contributed by atoms with van der Waals surface area (Å²) in [7, 11) is 1.63. The Balaban J connectivity index is 1.86. The molecule has 1 amide bonds. The van der Waals surface area contributed by atoms with Crippen molar-refractivity contribution in [3.63, 3.8) is 0 Å². The van der Waals surface area contributed by atoms with Gasteiger partial charge in [0, 0.05) is 28.4 Å². The smallest absolute Gasteiger partial charge is 0.272 e. The van der Waals surface area contributed by atoms with Gasteiger partial charge in [-0.2, -0.15) is 0 Å². The summed E-state index contributed by atoms with van der Waals surface area (Å²) in [6.07, 6.45) is 3.33. The number of carbonyl (C=O) groups is 1. The van der Waals surface area contributed by atoms with Gasteiger partial charge in [0.15, 0.2) is 5.11 Å². The summed E-state index contributed by atoms with van der Waals surface area (Å²) in [5, 5.41) is 5.97. The molecule has 0 aliphatic heterocycles. The highest BCUT2D eigenvalue weighted by Gasteiger charge is 2.24. The van der Waals surface area contributed by atoms with Gasteiger partial charge in [-0.25, -0.2) is 0 Å². The number of hydrogen-bond donors (Lipinski definition) is 3. The number of methoxy groups -OCH3 is 1. The Bertz CT molecular complexity index is 1310. The molecule has 0 aliphatic carbocycles. The van der Waals surface area contributed by atoms with Gasteiger partial charge in [-0.1, -0.05) is 30.3 Å². The van der Waals surface area contributed by atoms with Crippen molar-refractivity contribution in [2.24, 2.45) is 0 Å². The number of nitrogens with zero attached hydrogens (tertiary/aromatic N) is 1. The molecular weight excluding hydrogens is 424 g/mol. The van der Waals surface area contributed by atoms with Gasteiger partial charge in [0.1, 0.15) is 11.5 Å². The molecule has 4 aromatic rings. The molecule has 164 valence electrons. The zero-order valence-corrected chi connectivity index (χ0v) is 18.7. The number of furan rings is 1. The van der Waals surface area contributed by atoms with E-state index in [2.05, 4.69) is 27.3 Å². The lowest BCUT2D eigenvalue weighted by Crippen LogP contribution is -2.46. The van der Waals surface area contributed by atoms with E-state index in [9.17, 15) is 4.79 Å². The van der Waals surface area contributed by atoms with Crippen LogP contribution in [0.15, 0.2) is 65.8 Å². The Kier molecular flexibility index (Phi) is 6.13.